The second-order valence-electron chi connectivity index (χ2n) is 5.16. The minimum atomic E-state index is -0.368. The zero-order valence-electron chi connectivity index (χ0n) is 10.4. The molecule has 1 aliphatic heterocycles. The van der Waals surface area contributed by atoms with E-state index in [0.29, 0.717) is 6.54 Å². The van der Waals surface area contributed by atoms with Crippen molar-refractivity contribution in [1.29, 1.82) is 5.26 Å². The van der Waals surface area contributed by atoms with E-state index in [4.69, 9.17) is 16.9 Å². The van der Waals surface area contributed by atoms with Crippen molar-refractivity contribution in [3.8, 4) is 6.07 Å². The van der Waals surface area contributed by atoms with Crippen molar-refractivity contribution in [1.82, 2.24) is 4.90 Å². The lowest BCUT2D eigenvalue weighted by Gasteiger charge is -2.35. The summed E-state index contributed by atoms with van der Waals surface area (Å²) in [6, 6.07) is 7.27. The highest BCUT2D eigenvalue weighted by molar-refractivity contribution is 6.31. The van der Waals surface area contributed by atoms with Gasteiger partial charge in [-0.2, -0.15) is 5.26 Å². The quantitative estimate of drug-likeness (QED) is 0.818. The van der Waals surface area contributed by atoms with Gasteiger partial charge in [-0.3, -0.25) is 4.90 Å². The third-order valence-electron chi connectivity index (χ3n) is 3.66. The molecule has 0 unspecified atom stereocenters. The van der Waals surface area contributed by atoms with Crippen LogP contribution in [0.1, 0.15) is 25.3 Å². The first-order valence-electron chi connectivity index (χ1n) is 6.10. The number of nitriles is 1. The van der Waals surface area contributed by atoms with Crippen molar-refractivity contribution in [3.05, 3.63) is 34.6 Å². The minimum Gasteiger partial charge on any atom is -0.299 e. The van der Waals surface area contributed by atoms with Gasteiger partial charge < -0.3 is 0 Å². The van der Waals surface area contributed by atoms with Gasteiger partial charge in [-0.15, -0.1) is 0 Å². The molecular formula is C14H16ClFN2. The molecule has 0 aliphatic carbocycles. The number of rotatable bonds is 2. The summed E-state index contributed by atoms with van der Waals surface area (Å²) in [4.78, 5) is 2.22. The summed E-state index contributed by atoms with van der Waals surface area (Å²) in [5, 5.41) is 9.28. The molecule has 0 saturated carbocycles. The van der Waals surface area contributed by atoms with E-state index in [2.05, 4.69) is 11.0 Å². The van der Waals surface area contributed by atoms with Gasteiger partial charge in [0.25, 0.3) is 0 Å². The Morgan fingerprint density at radius 1 is 1.44 bits per heavy atom. The molecule has 4 heteroatoms. The van der Waals surface area contributed by atoms with Crippen LogP contribution >= 0.6 is 11.6 Å². The highest BCUT2D eigenvalue weighted by Crippen LogP contribution is 2.31. The van der Waals surface area contributed by atoms with Crippen LogP contribution in [0.4, 0.5) is 4.39 Å². The number of hydrogen-bond donors (Lipinski definition) is 0. The molecule has 1 aromatic carbocycles. The normalized spacial score (nSPS) is 19.4. The zero-order chi connectivity index (χ0) is 13.2. The minimum absolute atomic E-state index is 0.206. The lowest BCUT2D eigenvalue weighted by Crippen LogP contribution is -2.37. The molecule has 0 aromatic heterocycles. The van der Waals surface area contributed by atoms with Crippen LogP contribution in [-0.4, -0.2) is 18.0 Å². The molecule has 0 N–H and O–H groups in total. The van der Waals surface area contributed by atoms with Gasteiger partial charge in [0, 0.05) is 6.54 Å². The van der Waals surface area contributed by atoms with E-state index in [0.717, 1.165) is 31.5 Å². The van der Waals surface area contributed by atoms with Crippen LogP contribution in [-0.2, 0) is 6.54 Å². The number of hydrogen-bond acceptors (Lipinski definition) is 2. The van der Waals surface area contributed by atoms with Crippen LogP contribution in [0, 0.1) is 22.6 Å². The summed E-state index contributed by atoms with van der Waals surface area (Å²) >= 11 is 5.94. The maximum Gasteiger partial charge on any atom is 0.142 e. The van der Waals surface area contributed by atoms with Crippen molar-refractivity contribution in [2.75, 3.05) is 13.1 Å². The summed E-state index contributed by atoms with van der Waals surface area (Å²) in [5.74, 6) is -0.368. The zero-order valence-corrected chi connectivity index (χ0v) is 11.2. The van der Waals surface area contributed by atoms with Crippen LogP contribution in [0.5, 0.6) is 0 Å². The first-order chi connectivity index (χ1) is 8.54. The molecule has 1 aromatic rings. The number of piperidine rings is 1. The Balaban J connectivity index is 2.00. The molecule has 18 heavy (non-hydrogen) atoms. The van der Waals surface area contributed by atoms with Gasteiger partial charge in [-0.05, 0) is 44.5 Å². The first kappa shape index (κ1) is 13.3. The SMILES string of the molecule is CC1(C#N)CCN(Cc2cccc(F)c2Cl)CC1. The highest BCUT2D eigenvalue weighted by atomic mass is 35.5. The van der Waals surface area contributed by atoms with Crippen LogP contribution in [0.25, 0.3) is 0 Å². The Hall–Kier alpha value is -1.11. The first-order valence-corrected chi connectivity index (χ1v) is 6.48. The van der Waals surface area contributed by atoms with Crippen molar-refractivity contribution in [3.63, 3.8) is 0 Å². The third kappa shape index (κ3) is 2.82. The van der Waals surface area contributed by atoms with Crippen LogP contribution in [0.15, 0.2) is 18.2 Å². The molecule has 2 nitrogen and oxygen atoms in total. The topological polar surface area (TPSA) is 27.0 Å². The monoisotopic (exact) mass is 266 g/mol. The summed E-state index contributed by atoms with van der Waals surface area (Å²) in [7, 11) is 0. The van der Waals surface area contributed by atoms with Gasteiger partial charge in [0.15, 0.2) is 0 Å². The summed E-state index contributed by atoms with van der Waals surface area (Å²) < 4.78 is 13.3. The van der Waals surface area contributed by atoms with Crippen molar-refractivity contribution in [2.24, 2.45) is 5.41 Å². The van der Waals surface area contributed by atoms with E-state index < -0.39 is 0 Å². The predicted octanol–water partition coefficient (Wildman–Crippen LogP) is 3.60. The lowest BCUT2D eigenvalue weighted by atomic mass is 9.82. The number of halogens is 2. The van der Waals surface area contributed by atoms with Gasteiger partial charge in [0.1, 0.15) is 5.82 Å². The second kappa shape index (κ2) is 5.26. The van der Waals surface area contributed by atoms with Gasteiger partial charge in [0.05, 0.1) is 16.5 Å². The summed E-state index contributed by atoms with van der Waals surface area (Å²) in [6.45, 7) is 4.37. The van der Waals surface area contributed by atoms with Crippen molar-refractivity contribution >= 4 is 11.6 Å². The Morgan fingerprint density at radius 3 is 2.72 bits per heavy atom. The molecule has 0 spiro atoms. The largest absolute Gasteiger partial charge is 0.299 e. The van der Waals surface area contributed by atoms with Crippen molar-refractivity contribution in [2.45, 2.75) is 26.3 Å². The standard InChI is InChI=1S/C14H16ClFN2/c1-14(10-17)5-7-18(8-6-14)9-11-3-2-4-12(16)13(11)15/h2-4H,5-9H2,1H3. The van der Waals surface area contributed by atoms with E-state index in [-0.39, 0.29) is 16.3 Å². The smallest absolute Gasteiger partial charge is 0.142 e. The third-order valence-corrected chi connectivity index (χ3v) is 4.08. The van der Waals surface area contributed by atoms with Gasteiger partial charge in [0.2, 0.25) is 0 Å². The summed E-state index contributed by atoms with van der Waals surface area (Å²) in [5.41, 5.74) is 0.611. The number of likely N-dealkylation sites (tertiary alicyclic amines) is 1. The van der Waals surface area contributed by atoms with E-state index in [1.54, 1.807) is 6.07 Å². The average molecular weight is 267 g/mol. The molecular weight excluding hydrogens is 251 g/mol. The highest BCUT2D eigenvalue weighted by Gasteiger charge is 2.29. The molecule has 1 heterocycles. The van der Waals surface area contributed by atoms with Gasteiger partial charge in [-0.1, -0.05) is 23.7 Å². The molecule has 0 atom stereocenters. The number of benzene rings is 1. The fourth-order valence-electron chi connectivity index (χ4n) is 2.23. The van der Waals surface area contributed by atoms with E-state index in [9.17, 15) is 4.39 Å². The van der Waals surface area contributed by atoms with Crippen LogP contribution in [0.3, 0.4) is 0 Å². The molecule has 0 amide bonds. The molecule has 96 valence electrons. The predicted molar refractivity (Wildman–Crippen MR) is 69.6 cm³/mol. The lowest BCUT2D eigenvalue weighted by molar-refractivity contribution is 0.150. The maximum absolute atomic E-state index is 13.3. The Labute approximate surface area is 112 Å². The molecule has 1 saturated heterocycles. The Kier molecular flexibility index (Phi) is 3.89. The Bertz CT molecular complexity index is 473. The summed E-state index contributed by atoms with van der Waals surface area (Å²) in [6.07, 6.45) is 1.72. The molecule has 1 aliphatic rings. The van der Waals surface area contributed by atoms with E-state index >= 15 is 0 Å². The molecule has 1 fully saturated rings. The molecule has 0 bridgehead atoms. The Morgan fingerprint density at radius 2 is 2.11 bits per heavy atom. The van der Waals surface area contributed by atoms with Crippen LogP contribution in [0.2, 0.25) is 5.02 Å². The number of nitrogens with zero attached hydrogens (tertiary/aromatic N) is 2. The van der Waals surface area contributed by atoms with Gasteiger partial charge >= 0.3 is 0 Å². The van der Waals surface area contributed by atoms with E-state index in [1.807, 2.05) is 13.0 Å². The second-order valence-corrected chi connectivity index (χ2v) is 5.54. The fraction of sp³-hybridized carbons (Fsp3) is 0.500. The van der Waals surface area contributed by atoms with Crippen molar-refractivity contribution < 1.29 is 4.39 Å². The van der Waals surface area contributed by atoms with E-state index in [1.165, 1.54) is 6.07 Å². The van der Waals surface area contributed by atoms with Gasteiger partial charge in [-0.25, -0.2) is 4.39 Å². The van der Waals surface area contributed by atoms with Crippen LogP contribution < -0.4 is 0 Å². The fourth-order valence-corrected chi connectivity index (χ4v) is 2.41. The maximum atomic E-state index is 13.3. The average Bonchev–Trinajstić information content (AvgIpc) is 2.38. The molecule has 2 rings (SSSR count). The molecule has 0 radical (unpaired) electrons.